The van der Waals surface area contributed by atoms with Crippen molar-refractivity contribution in [3.63, 3.8) is 0 Å². The molecule has 0 heterocycles. The smallest absolute Gasteiger partial charge is 0.228 e. The molecule has 0 unspecified atom stereocenters. The van der Waals surface area contributed by atoms with Crippen molar-refractivity contribution >= 4 is 17.3 Å². The van der Waals surface area contributed by atoms with Crippen LogP contribution >= 0.6 is 0 Å². The molecule has 122 valence electrons. The number of carbonyl (C=O) groups excluding carboxylic acids is 1. The molecule has 0 radical (unpaired) electrons. The Kier molecular flexibility index (Phi) is 6.21. The van der Waals surface area contributed by atoms with Gasteiger partial charge in [0.2, 0.25) is 5.91 Å². The topological polar surface area (TPSA) is 32.3 Å². The lowest BCUT2D eigenvalue weighted by molar-refractivity contribution is -0.115. The monoisotopic (exact) mass is 310 g/mol. The van der Waals surface area contributed by atoms with Gasteiger partial charge in [-0.2, -0.15) is 0 Å². The molecule has 0 aliphatic heterocycles. The molecular formula is C20H26N2O. The van der Waals surface area contributed by atoms with Crippen LogP contribution in [0.3, 0.4) is 0 Å². The first kappa shape index (κ1) is 17.1. The van der Waals surface area contributed by atoms with Gasteiger partial charge >= 0.3 is 0 Å². The van der Waals surface area contributed by atoms with E-state index < -0.39 is 0 Å². The van der Waals surface area contributed by atoms with E-state index in [1.165, 1.54) is 24.1 Å². The Hall–Kier alpha value is -2.29. The summed E-state index contributed by atoms with van der Waals surface area (Å²) in [5.74, 6) is 0.0164. The Labute approximate surface area is 139 Å². The van der Waals surface area contributed by atoms with Crippen molar-refractivity contribution in [1.82, 2.24) is 0 Å². The molecule has 2 rings (SSSR count). The van der Waals surface area contributed by atoms with Gasteiger partial charge in [-0.15, -0.1) is 0 Å². The van der Waals surface area contributed by atoms with Gasteiger partial charge in [-0.3, -0.25) is 4.79 Å². The largest absolute Gasteiger partial charge is 0.375 e. The second-order valence-electron chi connectivity index (χ2n) is 6.04. The third-order valence-electron chi connectivity index (χ3n) is 3.89. The molecule has 0 saturated heterocycles. The van der Waals surface area contributed by atoms with Gasteiger partial charge in [-0.05, 0) is 43.2 Å². The lowest BCUT2D eigenvalue weighted by Gasteiger charge is -2.19. The zero-order valence-electron chi connectivity index (χ0n) is 14.3. The fraction of sp³-hybridized carbons (Fsp3) is 0.350. The average Bonchev–Trinajstić information content (AvgIpc) is 2.53. The number of nitrogens with one attached hydrogen (secondary N) is 1. The van der Waals surface area contributed by atoms with Gasteiger partial charge in [0.05, 0.1) is 6.42 Å². The molecular weight excluding hydrogens is 284 g/mol. The summed E-state index contributed by atoms with van der Waals surface area (Å²) in [6, 6.07) is 16.1. The Balaban J connectivity index is 1.91. The van der Waals surface area contributed by atoms with Crippen LogP contribution in [0, 0.1) is 6.92 Å². The number of hydrogen-bond acceptors (Lipinski definition) is 2. The number of benzene rings is 2. The van der Waals surface area contributed by atoms with Gasteiger partial charge in [0.1, 0.15) is 0 Å². The Morgan fingerprint density at radius 3 is 2.52 bits per heavy atom. The molecule has 0 spiro atoms. The number of carbonyl (C=O) groups is 1. The van der Waals surface area contributed by atoms with E-state index in [0.29, 0.717) is 6.42 Å². The molecule has 23 heavy (non-hydrogen) atoms. The van der Waals surface area contributed by atoms with Crippen LogP contribution in [-0.4, -0.2) is 19.5 Å². The van der Waals surface area contributed by atoms with E-state index >= 15 is 0 Å². The minimum absolute atomic E-state index is 0.0164. The first-order chi connectivity index (χ1) is 11.1. The quantitative estimate of drug-likeness (QED) is 0.821. The zero-order valence-corrected chi connectivity index (χ0v) is 14.3. The summed E-state index contributed by atoms with van der Waals surface area (Å²) in [6.07, 6.45) is 2.78. The molecule has 0 fully saturated rings. The lowest BCUT2D eigenvalue weighted by Crippen LogP contribution is -2.18. The maximum Gasteiger partial charge on any atom is 0.228 e. The second-order valence-corrected chi connectivity index (χ2v) is 6.04. The standard InChI is InChI=1S/C20H26N2O/c1-4-5-13-22(3)19-11-9-18(10-12-19)21-20(23)15-17-8-6-7-16(2)14-17/h6-12,14H,4-5,13,15H2,1-3H3,(H,21,23). The van der Waals surface area contributed by atoms with Crippen LogP contribution in [0.5, 0.6) is 0 Å². The summed E-state index contributed by atoms with van der Waals surface area (Å²) in [7, 11) is 2.10. The highest BCUT2D eigenvalue weighted by molar-refractivity contribution is 5.92. The number of aryl methyl sites for hydroxylation is 1. The second kappa shape index (κ2) is 8.37. The van der Waals surface area contributed by atoms with E-state index in [2.05, 4.69) is 36.3 Å². The van der Waals surface area contributed by atoms with Crippen LogP contribution in [0.1, 0.15) is 30.9 Å². The van der Waals surface area contributed by atoms with Gasteiger partial charge < -0.3 is 10.2 Å². The molecule has 0 atom stereocenters. The fourth-order valence-electron chi connectivity index (χ4n) is 2.54. The molecule has 0 bridgehead atoms. The number of nitrogens with zero attached hydrogens (tertiary/aromatic N) is 1. The third kappa shape index (κ3) is 5.44. The molecule has 0 aliphatic rings. The normalized spacial score (nSPS) is 10.4. The summed E-state index contributed by atoms with van der Waals surface area (Å²) >= 11 is 0. The molecule has 3 heteroatoms. The Bertz CT molecular complexity index is 634. The summed E-state index contributed by atoms with van der Waals surface area (Å²) in [5.41, 5.74) is 4.23. The number of hydrogen-bond donors (Lipinski definition) is 1. The van der Waals surface area contributed by atoms with Crippen LogP contribution in [0.4, 0.5) is 11.4 Å². The number of anilines is 2. The Morgan fingerprint density at radius 2 is 1.87 bits per heavy atom. The number of unbranched alkanes of at least 4 members (excludes halogenated alkanes) is 1. The van der Waals surface area contributed by atoms with Crippen molar-refractivity contribution < 1.29 is 4.79 Å². The van der Waals surface area contributed by atoms with Crippen LogP contribution in [-0.2, 0) is 11.2 Å². The molecule has 0 aromatic heterocycles. The van der Waals surface area contributed by atoms with Gasteiger partial charge in [0, 0.05) is 25.0 Å². The first-order valence-electron chi connectivity index (χ1n) is 8.25. The van der Waals surface area contributed by atoms with Crippen molar-refractivity contribution in [3.8, 4) is 0 Å². The lowest BCUT2D eigenvalue weighted by atomic mass is 10.1. The van der Waals surface area contributed by atoms with Crippen molar-refractivity contribution in [2.24, 2.45) is 0 Å². The summed E-state index contributed by atoms with van der Waals surface area (Å²) in [4.78, 5) is 14.4. The summed E-state index contributed by atoms with van der Waals surface area (Å²) in [6.45, 7) is 5.28. The van der Waals surface area contributed by atoms with E-state index in [1.807, 2.05) is 43.3 Å². The van der Waals surface area contributed by atoms with Crippen LogP contribution < -0.4 is 10.2 Å². The highest BCUT2D eigenvalue weighted by atomic mass is 16.1. The van der Waals surface area contributed by atoms with E-state index in [4.69, 9.17) is 0 Å². The van der Waals surface area contributed by atoms with Crippen LogP contribution in [0.15, 0.2) is 48.5 Å². The number of rotatable bonds is 7. The maximum absolute atomic E-state index is 12.1. The van der Waals surface area contributed by atoms with Crippen molar-refractivity contribution in [1.29, 1.82) is 0 Å². The Morgan fingerprint density at radius 1 is 1.13 bits per heavy atom. The maximum atomic E-state index is 12.1. The van der Waals surface area contributed by atoms with Gasteiger partial charge in [-0.1, -0.05) is 43.2 Å². The van der Waals surface area contributed by atoms with Gasteiger partial charge in [0.25, 0.3) is 0 Å². The third-order valence-corrected chi connectivity index (χ3v) is 3.89. The zero-order chi connectivity index (χ0) is 16.7. The van der Waals surface area contributed by atoms with Crippen molar-refractivity contribution in [2.45, 2.75) is 33.1 Å². The molecule has 1 N–H and O–H groups in total. The fourth-order valence-corrected chi connectivity index (χ4v) is 2.54. The molecule has 0 aliphatic carbocycles. The van der Waals surface area contributed by atoms with Crippen molar-refractivity contribution in [2.75, 3.05) is 23.8 Å². The van der Waals surface area contributed by atoms with Crippen LogP contribution in [0.2, 0.25) is 0 Å². The highest BCUT2D eigenvalue weighted by Gasteiger charge is 2.05. The minimum atomic E-state index is 0.0164. The van der Waals surface area contributed by atoms with Crippen molar-refractivity contribution in [3.05, 3.63) is 59.7 Å². The summed E-state index contributed by atoms with van der Waals surface area (Å²) in [5, 5.41) is 2.96. The first-order valence-corrected chi connectivity index (χ1v) is 8.25. The van der Waals surface area contributed by atoms with E-state index in [9.17, 15) is 4.79 Å². The predicted molar refractivity (Wildman–Crippen MR) is 98.1 cm³/mol. The highest BCUT2D eigenvalue weighted by Crippen LogP contribution is 2.17. The van der Waals surface area contributed by atoms with Gasteiger partial charge in [-0.25, -0.2) is 0 Å². The predicted octanol–water partition coefficient (Wildman–Crippen LogP) is 4.41. The molecule has 1 amide bonds. The summed E-state index contributed by atoms with van der Waals surface area (Å²) < 4.78 is 0. The van der Waals surface area contributed by atoms with Gasteiger partial charge in [0.15, 0.2) is 0 Å². The van der Waals surface area contributed by atoms with E-state index in [1.54, 1.807) is 0 Å². The van der Waals surface area contributed by atoms with Crippen LogP contribution in [0.25, 0.3) is 0 Å². The van der Waals surface area contributed by atoms with E-state index in [-0.39, 0.29) is 5.91 Å². The molecule has 2 aromatic carbocycles. The molecule has 3 nitrogen and oxygen atoms in total. The number of amides is 1. The van der Waals surface area contributed by atoms with E-state index in [0.717, 1.165) is 17.8 Å². The minimum Gasteiger partial charge on any atom is -0.375 e. The molecule has 0 saturated carbocycles. The average molecular weight is 310 g/mol. The SMILES string of the molecule is CCCCN(C)c1ccc(NC(=O)Cc2cccc(C)c2)cc1. The molecule has 2 aromatic rings.